The molecule has 1 aliphatic heterocycles. The lowest BCUT2D eigenvalue weighted by atomic mass is 9.53. The first-order valence-corrected chi connectivity index (χ1v) is 8.98. The Morgan fingerprint density at radius 2 is 2.04 bits per heavy atom. The average Bonchev–Trinajstić information content (AvgIpc) is 3.17. The number of ketones is 1. The summed E-state index contributed by atoms with van der Waals surface area (Å²) >= 11 is 0. The summed E-state index contributed by atoms with van der Waals surface area (Å²) in [6, 6.07) is 1.75. The highest BCUT2D eigenvalue weighted by atomic mass is 16.6. The number of phenolic OH excluding ortho intramolecular Hbond substituents is 1. The topological polar surface area (TPSA) is 79.3 Å². The van der Waals surface area contributed by atoms with E-state index in [2.05, 4.69) is 0 Å². The highest BCUT2D eigenvalue weighted by Gasteiger charge is 2.82. The van der Waals surface area contributed by atoms with Crippen molar-refractivity contribution in [2.75, 3.05) is 7.11 Å². The molecule has 2 fully saturated rings. The van der Waals surface area contributed by atoms with Crippen LogP contribution in [0.15, 0.2) is 6.07 Å². The van der Waals surface area contributed by atoms with Gasteiger partial charge in [-0.3, -0.25) is 4.79 Å². The molecule has 1 heterocycles. The van der Waals surface area contributed by atoms with Gasteiger partial charge in [0.15, 0.2) is 11.4 Å². The zero-order valence-electron chi connectivity index (χ0n) is 15.5. The second-order valence-electron chi connectivity index (χ2n) is 8.40. The quantitative estimate of drug-likeness (QED) is 0.805. The molecule has 3 aliphatic rings. The van der Waals surface area contributed by atoms with Crippen molar-refractivity contribution in [3.8, 4) is 11.5 Å². The standard InChI is InChI=1S/C20H26O5/c1-10(2)11-8-12(21)16-15(17(11)24-5)13(22)9-20-18(16,3)7-6-14(23)19(20,4)25-20/h8,10,13,21-22H,6-7,9H2,1-5H3. The number of fused-ring (bicyclic) bond motifs is 2. The molecule has 4 rings (SSSR count). The molecule has 0 bridgehead atoms. The summed E-state index contributed by atoms with van der Waals surface area (Å²) in [5.41, 5.74) is 0.0782. The second-order valence-corrected chi connectivity index (χ2v) is 8.40. The van der Waals surface area contributed by atoms with Crippen LogP contribution in [0.5, 0.6) is 11.5 Å². The van der Waals surface area contributed by atoms with E-state index in [1.54, 1.807) is 13.2 Å². The molecule has 25 heavy (non-hydrogen) atoms. The zero-order chi connectivity index (χ0) is 18.4. The average molecular weight is 346 g/mol. The van der Waals surface area contributed by atoms with E-state index in [1.165, 1.54) is 0 Å². The van der Waals surface area contributed by atoms with Crippen LogP contribution in [0.2, 0.25) is 0 Å². The lowest BCUT2D eigenvalue weighted by Crippen LogP contribution is -2.54. The molecule has 0 aromatic heterocycles. The number of aliphatic hydroxyl groups excluding tert-OH is 1. The number of carbonyl (C=O) groups is 1. The number of Topliss-reactive ketones (excluding diaryl/α,β-unsaturated/α-hetero) is 1. The number of rotatable bonds is 2. The summed E-state index contributed by atoms with van der Waals surface area (Å²) in [5, 5.41) is 21.9. The number of epoxide rings is 1. The van der Waals surface area contributed by atoms with E-state index in [9.17, 15) is 15.0 Å². The third kappa shape index (κ3) is 1.73. The van der Waals surface area contributed by atoms with E-state index < -0.39 is 22.7 Å². The number of phenols is 1. The van der Waals surface area contributed by atoms with Crippen LogP contribution in [-0.2, 0) is 14.9 Å². The van der Waals surface area contributed by atoms with Crippen LogP contribution in [0.4, 0.5) is 0 Å². The number of hydrogen-bond acceptors (Lipinski definition) is 5. The molecule has 4 unspecified atom stereocenters. The largest absolute Gasteiger partial charge is 0.508 e. The summed E-state index contributed by atoms with van der Waals surface area (Å²) < 4.78 is 11.7. The molecule has 2 aliphatic carbocycles. The third-order valence-electron chi connectivity index (χ3n) is 6.90. The predicted molar refractivity (Wildman–Crippen MR) is 92.1 cm³/mol. The minimum atomic E-state index is -0.866. The van der Waals surface area contributed by atoms with Crippen molar-refractivity contribution in [1.82, 2.24) is 0 Å². The summed E-state index contributed by atoms with van der Waals surface area (Å²) in [6.45, 7) is 7.93. The Morgan fingerprint density at radius 3 is 2.64 bits per heavy atom. The summed E-state index contributed by atoms with van der Waals surface area (Å²) in [6.07, 6.45) is 0.516. The Kier molecular flexibility index (Phi) is 3.22. The highest BCUT2D eigenvalue weighted by molar-refractivity contribution is 5.94. The number of methoxy groups -OCH3 is 1. The fourth-order valence-corrected chi connectivity index (χ4v) is 5.46. The molecule has 5 nitrogen and oxygen atoms in total. The fourth-order valence-electron chi connectivity index (χ4n) is 5.46. The number of ether oxygens (including phenoxy) is 2. The first kappa shape index (κ1) is 16.9. The van der Waals surface area contributed by atoms with Crippen molar-refractivity contribution in [2.24, 2.45) is 0 Å². The van der Waals surface area contributed by atoms with Gasteiger partial charge in [0.1, 0.15) is 17.1 Å². The van der Waals surface area contributed by atoms with Gasteiger partial charge in [0.25, 0.3) is 0 Å². The molecule has 4 atom stereocenters. The molecular formula is C20H26O5. The van der Waals surface area contributed by atoms with Crippen LogP contribution in [0.3, 0.4) is 0 Å². The lowest BCUT2D eigenvalue weighted by Gasteiger charge is -2.47. The summed E-state index contributed by atoms with van der Waals surface area (Å²) in [4.78, 5) is 12.4. The third-order valence-corrected chi connectivity index (χ3v) is 6.90. The van der Waals surface area contributed by atoms with Gasteiger partial charge in [-0.2, -0.15) is 0 Å². The molecule has 2 N–H and O–H groups in total. The van der Waals surface area contributed by atoms with E-state index in [0.29, 0.717) is 36.1 Å². The predicted octanol–water partition coefficient (Wildman–Crippen LogP) is 3.11. The molecular weight excluding hydrogens is 320 g/mol. The maximum Gasteiger partial charge on any atom is 0.167 e. The molecule has 1 saturated carbocycles. The Bertz CT molecular complexity index is 785. The molecule has 1 saturated heterocycles. The molecule has 136 valence electrons. The van der Waals surface area contributed by atoms with E-state index in [4.69, 9.17) is 9.47 Å². The molecule has 1 spiro atoms. The number of benzene rings is 1. The number of aliphatic hydroxyl groups is 1. The van der Waals surface area contributed by atoms with Gasteiger partial charge < -0.3 is 19.7 Å². The molecule has 0 radical (unpaired) electrons. The number of carbonyl (C=O) groups excluding carboxylic acids is 1. The Balaban J connectivity index is 2.01. The highest BCUT2D eigenvalue weighted by Crippen LogP contribution is 2.71. The van der Waals surface area contributed by atoms with E-state index >= 15 is 0 Å². The summed E-state index contributed by atoms with van der Waals surface area (Å²) in [5.74, 6) is 1.04. The van der Waals surface area contributed by atoms with Crippen LogP contribution >= 0.6 is 0 Å². The van der Waals surface area contributed by atoms with E-state index in [0.717, 1.165) is 5.56 Å². The Hall–Kier alpha value is -1.59. The monoisotopic (exact) mass is 346 g/mol. The summed E-state index contributed by atoms with van der Waals surface area (Å²) in [7, 11) is 1.60. The minimum Gasteiger partial charge on any atom is -0.508 e. The molecule has 1 aromatic rings. The van der Waals surface area contributed by atoms with Gasteiger partial charge in [-0.25, -0.2) is 0 Å². The van der Waals surface area contributed by atoms with Gasteiger partial charge in [0, 0.05) is 34.9 Å². The van der Waals surface area contributed by atoms with Gasteiger partial charge in [0.05, 0.1) is 13.2 Å². The van der Waals surface area contributed by atoms with Gasteiger partial charge in [-0.05, 0) is 25.3 Å². The van der Waals surface area contributed by atoms with Gasteiger partial charge in [-0.15, -0.1) is 0 Å². The van der Waals surface area contributed by atoms with Crippen LogP contribution in [0, 0.1) is 0 Å². The maximum atomic E-state index is 12.4. The van der Waals surface area contributed by atoms with Gasteiger partial charge >= 0.3 is 0 Å². The zero-order valence-corrected chi connectivity index (χ0v) is 15.5. The van der Waals surface area contributed by atoms with Crippen LogP contribution < -0.4 is 4.74 Å². The van der Waals surface area contributed by atoms with Crippen molar-refractivity contribution in [3.63, 3.8) is 0 Å². The van der Waals surface area contributed by atoms with Crippen molar-refractivity contribution < 1.29 is 24.5 Å². The molecule has 0 amide bonds. The lowest BCUT2D eigenvalue weighted by molar-refractivity contribution is -0.125. The second kappa shape index (κ2) is 4.77. The van der Waals surface area contributed by atoms with E-state index in [1.807, 2.05) is 27.7 Å². The van der Waals surface area contributed by atoms with Crippen LogP contribution in [-0.4, -0.2) is 34.3 Å². The van der Waals surface area contributed by atoms with Crippen molar-refractivity contribution >= 4 is 5.78 Å². The van der Waals surface area contributed by atoms with Crippen molar-refractivity contribution in [1.29, 1.82) is 0 Å². The molecule has 1 aromatic carbocycles. The van der Waals surface area contributed by atoms with E-state index in [-0.39, 0.29) is 17.5 Å². The van der Waals surface area contributed by atoms with Crippen LogP contribution in [0.25, 0.3) is 0 Å². The van der Waals surface area contributed by atoms with Crippen molar-refractivity contribution in [2.45, 2.75) is 75.6 Å². The maximum absolute atomic E-state index is 12.4. The van der Waals surface area contributed by atoms with Crippen molar-refractivity contribution in [3.05, 3.63) is 22.8 Å². The Labute approximate surface area is 148 Å². The first-order valence-electron chi connectivity index (χ1n) is 8.98. The van der Waals surface area contributed by atoms with Gasteiger partial charge in [-0.1, -0.05) is 20.8 Å². The minimum absolute atomic E-state index is 0.0888. The fraction of sp³-hybridized carbons (Fsp3) is 0.650. The number of aromatic hydroxyl groups is 1. The van der Waals surface area contributed by atoms with Crippen LogP contribution in [0.1, 0.15) is 75.7 Å². The normalized spacial score (nSPS) is 38.8. The SMILES string of the molecule is COc1c(C(C)C)cc(O)c2c1C(O)CC13OC1(C)C(=O)CCC23C. The van der Waals surface area contributed by atoms with Gasteiger partial charge in [0.2, 0.25) is 0 Å². The Morgan fingerprint density at radius 1 is 1.36 bits per heavy atom. The molecule has 5 heteroatoms. The first-order chi connectivity index (χ1) is 11.6. The number of hydrogen-bond donors (Lipinski definition) is 2. The smallest absolute Gasteiger partial charge is 0.167 e.